The van der Waals surface area contributed by atoms with Crippen LogP contribution in [0.1, 0.15) is 12.8 Å². The number of nitrogens with zero attached hydrogens (tertiary/aromatic N) is 2. The molecule has 1 saturated heterocycles. The first-order valence-electron chi connectivity index (χ1n) is 3.61. The van der Waals surface area contributed by atoms with Crippen LogP contribution in [-0.2, 0) is 4.74 Å². The fourth-order valence-corrected chi connectivity index (χ4v) is 1.24. The molecule has 0 aromatic heterocycles. The average molecular weight is 142 g/mol. The second kappa shape index (κ2) is 3.56. The molecule has 0 bridgehead atoms. The Kier molecular flexibility index (Phi) is 2.68. The first kappa shape index (κ1) is 7.54. The number of rotatable bonds is 2. The van der Waals surface area contributed by atoms with E-state index in [2.05, 4.69) is 11.8 Å². The summed E-state index contributed by atoms with van der Waals surface area (Å²) in [5, 5.41) is 5.81. The zero-order valence-electron chi connectivity index (χ0n) is 6.42. The normalized spacial score (nSPS) is 26.5. The maximum absolute atomic E-state index is 5.19. The van der Waals surface area contributed by atoms with Gasteiger partial charge in [-0.15, -0.1) is 0 Å². The van der Waals surface area contributed by atoms with E-state index in [-0.39, 0.29) is 0 Å². The molecule has 3 nitrogen and oxygen atoms in total. The number of piperidine rings is 1. The lowest BCUT2D eigenvalue weighted by molar-refractivity contribution is 0.0329. The van der Waals surface area contributed by atoms with Crippen molar-refractivity contribution < 1.29 is 4.74 Å². The van der Waals surface area contributed by atoms with Crippen LogP contribution in [0.4, 0.5) is 0 Å². The molecule has 0 amide bonds. The summed E-state index contributed by atoms with van der Waals surface area (Å²) in [6.07, 6.45) is 2.68. The Morgan fingerprint density at radius 1 is 1.70 bits per heavy atom. The molecule has 0 saturated carbocycles. The van der Waals surface area contributed by atoms with Crippen molar-refractivity contribution in [2.24, 2.45) is 5.10 Å². The maximum Gasteiger partial charge on any atom is 0.0763 e. The Labute approximate surface area is 61.7 Å². The zero-order chi connectivity index (χ0) is 7.40. The van der Waals surface area contributed by atoms with E-state index in [1.54, 1.807) is 7.11 Å². The van der Waals surface area contributed by atoms with Gasteiger partial charge in [0, 0.05) is 20.4 Å². The highest BCUT2D eigenvalue weighted by Gasteiger charge is 2.16. The van der Waals surface area contributed by atoms with Crippen LogP contribution in [0.5, 0.6) is 0 Å². The third kappa shape index (κ3) is 1.70. The van der Waals surface area contributed by atoms with Crippen molar-refractivity contribution in [3.05, 3.63) is 0 Å². The maximum atomic E-state index is 5.19. The Morgan fingerprint density at radius 3 is 3.10 bits per heavy atom. The van der Waals surface area contributed by atoms with Crippen molar-refractivity contribution in [2.75, 3.05) is 20.2 Å². The molecule has 0 radical (unpaired) electrons. The van der Waals surface area contributed by atoms with Crippen molar-refractivity contribution in [2.45, 2.75) is 18.9 Å². The number of methoxy groups -OCH3 is 1. The molecule has 1 heterocycles. The molecule has 58 valence electrons. The van der Waals surface area contributed by atoms with Crippen LogP contribution in [0.3, 0.4) is 0 Å². The lowest BCUT2D eigenvalue weighted by Gasteiger charge is -2.29. The monoisotopic (exact) mass is 142 g/mol. The van der Waals surface area contributed by atoms with Crippen molar-refractivity contribution in [1.29, 1.82) is 0 Å². The van der Waals surface area contributed by atoms with Gasteiger partial charge in [-0.05, 0) is 12.8 Å². The minimum Gasteiger partial charge on any atom is -0.380 e. The topological polar surface area (TPSA) is 24.8 Å². The van der Waals surface area contributed by atoms with Gasteiger partial charge in [-0.3, -0.25) is 5.01 Å². The highest BCUT2D eigenvalue weighted by Crippen LogP contribution is 2.11. The van der Waals surface area contributed by atoms with E-state index in [0.717, 1.165) is 25.9 Å². The van der Waals surface area contributed by atoms with Gasteiger partial charge in [0.2, 0.25) is 0 Å². The van der Waals surface area contributed by atoms with Crippen LogP contribution in [0.25, 0.3) is 0 Å². The van der Waals surface area contributed by atoms with Crippen LogP contribution in [0.15, 0.2) is 5.10 Å². The lowest BCUT2D eigenvalue weighted by atomic mass is 10.1. The molecule has 0 aromatic rings. The molecule has 1 rings (SSSR count). The third-order valence-corrected chi connectivity index (χ3v) is 1.89. The Hall–Kier alpha value is -0.570. The first-order valence-corrected chi connectivity index (χ1v) is 3.61. The highest BCUT2D eigenvalue weighted by atomic mass is 16.5. The van der Waals surface area contributed by atoms with E-state index in [4.69, 9.17) is 4.74 Å². The molecule has 0 spiro atoms. The molecule has 1 aliphatic rings. The van der Waals surface area contributed by atoms with Gasteiger partial charge in [-0.25, -0.2) is 0 Å². The van der Waals surface area contributed by atoms with Gasteiger partial charge < -0.3 is 4.74 Å². The Bertz CT molecular complexity index is 116. The average Bonchev–Trinajstić information content (AvgIpc) is 2.05. The number of hydrogen-bond donors (Lipinski definition) is 0. The van der Waals surface area contributed by atoms with E-state index in [1.807, 2.05) is 5.01 Å². The second-order valence-electron chi connectivity index (χ2n) is 2.55. The molecular formula is C7H14N2O. The van der Waals surface area contributed by atoms with Gasteiger partial charge in [0.1, 0.15) is 0 Å². The predicted octanol–water partition coefficient (Wildman–Crippen LogP) is 0.713. The van der Waals surface area contributed by atoms with Gasteiger partial charge in [-0.1, -0.05) is 0 Å². The lowest BCUT2D eigenvalue weighted by Crippen LogP contribution is -2.35. The molecule has 0 unspecified atom stereocenters. The van der Waals surface area contributed by atoms with Crippen molar-refractivity contribution in [3.63, 3.8) is 0 Å². The van der Waals surface area contributed by atoms with Crippen LogP contribution in [0.2, 0.25) is 0 Å². The van der Waals surface area contributed by atoms with Gasteiger partial charge >= 0.3 is 0 Å². The highest BCUT2D eigenvalue weighted by molar-refractivity contribution is 5.22. The number of ether oxygens (including phenoxy) is 1. The van der Waals surface area contributed by atoms with Crippen LogP contribution in [-0.4, -0.2) is 38.0 Å². The number of hydrazone groups is 1. The molecule has 3 heteroatoms. The summed E-state index contributed by atoms with van der Waals surface area (Å²) in [6, 6.07) is 0. The summed E-state index contributed by atoms with van der Waals surface area (Å²) in [6.45, 7) is 5.41. The van der Waals surface area contributed by atoms with Gasteiger partial charge in [-0.2, -0.15) is 5.10 Å². The fourth-order valence-electron chi connectivity index (χ4n) is 1.24. The van der Waals surface area contributed by atoms with E-state index >= 15 is 0 Å². The molecule has 0 aliphatic carbocycles. The van der Waals surface area contributed by atoms with Crippen molar-refractivity contribution in [3.8, 4) is 0 Å². The molecule has 1 atom stereocenters. The van der Waals surface area contributed by atoms with Crippen LogP contribution < -0.4 is 0 Å². The van der Waals surface area contributed by atoms with Crippen molar-refractivity contribution in [1.82, 2.24) is 5.01 Å². The first-order chi connectivity index (χ1) is 4.86. The summed E-state index contributed by atoms with van der Waals surface area (Å²) in [5.74, 6) is 0. The van der Waals surface area contributed by atoms with Crippen molar-refractivity contribution >= 4 is 6.72 Å². The quantitative estimate of drug-likeness (QED) is 0.530. The Balaban J connectivity index is 2.31. The van der Waals surface area contributed by atoms with Gasteiger partial charge in [0.15, 0.2) is 0 Å². The summed E-state index contributed by atoms with van der Waals surface area (Å²) in [5.41, 5.74) is 0. The summed E-state index contributed by atoms with van der Waals surface area (Å²) in [7, 11) is 1.75. The second-order valence-corrected chi connectivity index (χ2v) is 2.55. The molecule has 1 fully saturated rings. The molecule has 1 aliphatic heterocycles. The number of hydrogen-bond acceptors (Lipinski definition) is 3. The van der Waals surface area contributed by atoms with Gasteiger partial charge in [0.25, 0.3) is 0 Å². The molecule has 0 aromatic carbocycles. The third-order valence-electron chi connectivity index (χ3n) is 1.89. The van der Waals surface area contributed by atoms with Crippen LogP contribution >= 0.6 is 0 Å². The summed E-state index contributed by atoms with van der Waals surface area (Å²) in [4.78, 5) is 0. The minimum atomic E-state index is 0.360. The molecular weight excluding hydrogens is 128 g/mol. The predicted molar refractivity (Wildman–Crippen MR) is 41.2 cm³/mol. The van der Waals surface area contributed by atoms with Gasteiger partial charge in [0.05, 0.1) is 12.6 Å². The zero-order valence-corrected chi connectivity index (χ0v) is 6.42. The largest absolute Gasteiger partial charge is 0.380 e. The van der Waals surface area contributed by atoms with E-state index in [0.29, 0.717) is 6.10 Å². The smallest absolute Gasteiger partial charge is 0.0763 e. The SMILES string of the molecule is C=NN1CCC[C@H](OC)C1. The van der Waals surface area contributed by atoms with E-state index in [9.17, 15) is 0 Å². The summed E-state index contributed by atoms with van der Waals surface area (Å²) < 4.78 is 5.19. The van der Waals surface area contributed by atoms with Crippen LogP contribution in [0, 0.1) is 0 Å². The minimum absolute atomic E-state index is 0.360. The molecule has 10 heavy (non-hydrogen) atoms. The van der Waals surface area contributed by atoms with E-state index in [1.165, 1.54) is 0 Å². The molecule has 0 N–H and O–H groups in total. The summed E-state index contributed by atoms with van der Waals surface area (Å²) >= 11 is 0. The Morgan fingerprint density at radius 2 is 2.50 bits per heavy atom. The van der Waals surface area contributed by atoms with E-state index < -0.39 is 0 Å². The fraction of sp³-hybridized carbons (Fsp3) is 0.857. The standard InChI is InChI=1S/C7H14N2O/c1-8-9-5-3-4-7(6-9)10-2/h7H,1,3-6H2,2H3/t7-/m0/s1.